The lowest BCUT2D eigenvalue weighted by Crippen LogP contribution is -2.13. The van der Waals surface area contributed by atoms with Gasteiger partial charge in [-0.3, -0.25) is 4.78 Å². The largest absolute Gasteiger partial charge is 0.253 e. The first-order valence-electron chi connectivity index (χ1n) is 3.76. The van der Waals surface area contributed by atoms with Crippen LogP contribution in [0.4, 0.5) is 0 Å². The SMILES string of the molecule is CC[C@@H](C)C[S@](=N)(=O)CC. The Hall–Kier alpha value is -0.0500. The van der Waals surface area contributed by atoms with Gasteiger partial charge >= 0.3 is 0 Å². The maximum absolute atomic E-state index is 11.2. The van der Waals surface area contributed by atoms with Crippen molar-refractivity contribution >= 4 is 9.73 Å². The van der Waals surface area contributed by atoms with Crippen molar-refractivity contribution in [1.82, 2.24) is 0 Å². The second kappa shape index (κ2) is 3.96. The van der Waals surface area contributed by atoms with Crippen molar-refractivity contribution in [1.29, 1.82) is 4.78 Å². The molecule has 0 aromatic carbocycles. The first-order chi connectivity index (χ1) is 4.52. The zero-order valence-electron chi connectivity index (χ0n) is 7.02. The van der Waals surface area contributed by atoms with Crippen molar-refractivity contribution in [2.45, 2.75) is 27.2 Å². The lowest BCUT2D eigenvalue weighted by atomic mass is 10.2. The summed E-state index contributed by atoms with van der Waals surface area (Å²) >= 11 is 0. The van der Waals surface area contributed by atoms with E-state index in [-0.39, 0.29) is 0 Å². The third kappa shape index (κ3) is 3.88. The van der Waals surface area contributed by atoms with Gasteiger partial charge in [0.15, 0.2) is 0 Å². The van der Waals surface area contributed by atoms with Crippen LogP contribution in [-0.4, -0.2) is 15.7 Å². The zero-order chi connectivity index (χ0) is 8.20. The van der Waals surface area contributed by atoms with Gasteiger partial charge in [0.25, 0.3) is 0 Å². The average molecular weight is 163 g/mol. The second-order valence-electron chi connectivity index (χ2n) is 2.78. The van der Waals surface area contributed by atoms with Gasteiger partial charge in [0, 0.05) is 21.2 Å². The third-order valence-corrected chi connectivity index (χ3v) is 3.76. The van der Waals surface area contributed by atoms with Crippen LogP contribution in [0.25, 0.3) is 0 Å². The first kappa shape index (κ1) is 9.95. The standard InChI is InChI=1S/C7H17NOS/c1-4-7(3)6-10(8,9)5-2/h7-8H,4-6H2,1-3H3/t7-,10-/m1/s1. The molecular formula is C7H17NOS. The molecule has 0 aromatic rings. The Morgan fingerprint density at radius 2 is 2.00 bits per heavy atom. The molecule has 0 amide bonds. The van der Waals surface area contributed by atoms with E-state index in [1.165, 1.54) is 0 Å². The molecule has 1 N–H and O–H groups in total. The predicted molar refractivity (Wildman–Crippen MR) is 45.7 cm³/mol. The highest BCUT2D eigenvalue weighted by atomic mass is 32.2. The first-order valence-corrected chi connectivity index (χ1v) is 5.65. The van der Waals surface area contributed by atoms with Gasteiger partial charge in [-0.1, -0.05) is 27.2 Å². The molecule has 0 saturated carbocycles. The highest BCUT2D eigenvalue weighted by molar-refractivity contribution is 7.92. The van der Waals surface area contributed by atoms with Crippen LogP contribution in [0, 0.1) is 10.7 Å². The molecule has 0 aliphatic rings. The van der Waals surface area contributed by atoms with Crippen molar-refractivity contribution < 1.29 is 4.21 Å². The Bertz CT molecular complexity index is 172. The lowest BCUT2D eigenvalue weighted by Gasteiger charge is -2.09. The van der Waals surface area contributed by atoms with Gasteiger partial charge in [0.1, 0.15) is 0 Å². The number of hydrogen-bond acceptors (Lipinski definition) is 2. The summed E-state index contributed by atoms with van der Waals surface area (Å²) in [5, 5.41) is 0. The molecule has 0 aromatic heterocycles. The van der Waals surface area contributed by atoms with E-state index in [0.717, 1.165) is 6.42 Å². The summed E-state index contributed by atoms with van der Waals surface area (Å²) in [5.74, 6) is 1.50. The van der Waals surface area contributed by atoms with E-state index in [1.54, 1.807) is 0 Å². The summed E-state index contributed by atoms with van der Waals surface area (Å²) < 4.78 is 18.5. The maximum atomic E-state index is 11.2. The molecule has 2 atom stereocenters. The van der Waals surface area contributed by atoms with E-state index in [4.69, 9.17) is 4.78 Å². The summed E-state index contributed by atoms with van der Waals surface area (Å²) in [6.07, 6.45) is 1.02. The quantitative estimate of drug-likeness (QED) is 0.677. The maximum Gasteiger partial charge on any atom is 0.0441 e. The molecule has 0 aliphatic carbocycles. The van der Waals surface area contributed by atoms with Gasteiger partial charge in [0.05, 0.1) is 0 Å². The molecule has 0 rings (SSSR count). The van der Waals surface area contributed by atoms with Crippen LogP contribution in [0.15, 0.2) is 0 Å². The molecule has 0 radical (unpaired) electrons. The molecule has 10 heavy (non-hydrogen) atoms. The van der Waals surface area contributed by atoms with E-state index >= 15 is 0 Å². The van der Waals surface area contributed by atoms with Crippen LogP contribution >= 0.6 is 0 Å². The van der Waals surface area contributed by atoms with E-state index in [0.29, 0.717) is 17.4 Å². The Morgan fingerprint density at radius 1 is 1.50 bits per heavy atom. The summed E-state index contributed by atoms with van der Waals surface area (Å²) in [7, 11) is -2.23. The van der Waals surface area contributed by atoms with Crippen LogP contribution in [0.1, 0.15) is 27.2 Å². The van der Waals surface area contributed by atoms with Crippen molar-refractivity contribution in [2.75, 3.05) is 11.5 Å². The van der Waals surface area contributed by atoms with E-state index in [1.807, 2.05) is 13.8 Å². The highest BCUT2D eigenvalue weighted by Crippen LogP contribution is 2.05. The fourth-order valence-corrected chi connectivity index (χ4v) is 2.09. The molecule has 0 aliphatic heterocycles. The number of nitrogens with one attached hydrogen (secondary N) is 1. The molecule has 0 unspecified atom stereocenters. The van der Waals surface area contributed by atoms with E-state index < -0.39 is 9.73 Å². The monoisotopic (exact) mass is 163 g/mol. The summed E-state index contributed by atoms with van der Waals surface area (Å²) in [5.41, 5.74) is 0. The Morgan fingerprint density at radius 3 is 2.30 bits per heavy atom. The highest BCUT2D eigenvalue weighted by Gasteiger charge is 2.07. The number of rotatable bonds is 4. The third-order valence-electron chi connectivity index (χ3n) is 1.72. The van der Waals surface area contributed by atoms with Gasteiger partial charge in [-0.2, -0.15) is 0 Å². The van der Waals surface area contributed by atoms with Crippen molar-refractivity contribution in [3.8, 4) is 0 Å². The molecule has 0 fully saturated rings. The van der Waals surface area contributed by atoms with E-state index in [9.17, 15) is 4.21 Å². The summed E-state index contributed by atoms with van der Waals surface area (Å²) in [6, 6.07) is 0. The minimum atomic E-state index is -2.23. The summed E-state index contributed by atoms with van der Waals surface area (Å²) in [6.45, 7) is 5.93. The van der Waals surface area contributed by atoms with Crippen LogP contribution in [-0.2, 0) is 9.73 Å². The van der Waals surface area contributed by atoms with Crippen LogP contribution in [0.2, 0.25) is 0 Å². The van der Waals surface area contributed by atoms with Crippen LogP contribution < -0.4 is 0 Å². The van der Waals surface area contributed by atoms with Gasteiger partial charge in [-0.25, -0.2) is 4.21 Å². The molecule has 0 spiro atoms. The normalized spacial score (nSPS) is 19.9. The molecule has 3 heteroatoms. The van der Waals surface area contributed by atoms with Crippen LogP contribution in [0.5, 0.6) is 0 Å². The Balaban J connectivity index is 3.90. The topological polar surface area (TPSA) is 40.9 Å². The molecule has 0 heterocycles. The minimum Gasteiger partial charge on any atom is -0.253 e. The van der Waals surface area contributed by atoms with Crippen molar-refractivity contribution in [3.63, 3.8) is 0 Å². The Kier molecular flexibility index (Phi) is 3.94. The molecule has 2 nitrogen and oxygen atoms in total. The summed E-state index contributed by atoms with van der Waals surface area (Å²) in [4.78, 5) is 0. The fourth-order valence-electron chi connectivity index (χ4n) is 0.695. The van der Waals surface area contributed by atoms with Crippen molar-refractivity contribution in [2.24, 2.45) is 5.92 Å². The zero-order valence-corrected chi connectivity index (χ0v) is 7.83. The van der Waals surface area contributed by atoms with E-state index in [2.05, 4.69) is 6.92 Å². The predicted octanol–water partition coefficient (Wildman–Crippen LogP) is 2.10. The van der Waals surface area contributed by atoms with Crippen molar-refractivity contribution in [3.05, 3.63) is 0 Å². The van der Waals surface area contributed by atoms with Gasteiger partial charge in [-0.15, -0.1) is 0 Å². The van der Waals surface area contributed by atoms with Gasteiger partial charge < -0.3 is 0 Å². The van der Waals surface area contributed by atoms with Gasteiger partial charge in [-0.05, 0) is 5.92 Å². The minimum absolute atomic E-state index is 0.435. The van der Waals surface area contributed by atoms with Gasteiger partial charge in [0.2, 0.25) is 0 Å². The smallest absolute Gasteiger partial charge is 0.0441 e. The Labute approximate surface area is 64.0 Å². The lowest BCUT2D eigenvalue weighted by molar-refractivity contribution is 0.611. The molecule has 62 valence electrons. The fraction of sp³-hybridized carbons (Fsp3) is 1.00. The average Bonchev–Trinajstić information content (AvgIpc) is 1.87. The molecule has 0 saturated heterocycles. The molecular weight excluding hydrogens is 146 g/mol. The van der Waals surface area contributed by atoms with Crippen LogP contribution in [0.3, 0.4) is 0 Å². The number of hydrogen-bond donors (Lipinski definition) is 1. The second-order valence-corrected chi connectivity index (χ2v) is 5.31. The molecule has 0 bridgehead atoms.